The molecule has 4 rings (SSSR count). The van der Waals surface area contributed by atoms with Crippen molar-refractivity contribution in [2.45, 2.75) is 44.9 Å². The average molecular weight is 270 g/mol. The third kappa shape index (κ3) is 1.73. The van der Waals surface area contributed by atoms with Crippen molar-refractivity contribution < 1.29 is 9.53 Å². The Hall–Kier alpha value is -1.31. The van der Waals surface area contributed by atoms with Gasteiger partial charge in [0, 0.05) is 22.5 Å². The third-order valence-electron chi connectivity index (χ3n) is 5.66. The van der Waals surface area contributed by atoms with Gasteiger partial charge in [-0.3, -0.25) is 4.79 Å². The lowest BCUT2D eigenvalue weighted by Crippen LogP contribution is -2.22. The Morgan fingerprint density at radius 1 is 1.25 bits per heavy atom. The van der Waals surface area contributed by atoms with Gasteiger partial charge in [0.05, 0.1) is 6.61 Å². The highest BCUT2D eigenvalue weighted by Crippen LogP contribution is 2.49. The molecule has 0 N–H and O–H groups in total. The second-order valence-electron chi connectivity index (χ2n) is 7.53. The van der Waals surface area contributed by atoms with Crippen molar-refractivity contribution in [2.24, 2.45) is 17.8 Å². The summed E-state index contributed by atoms with van der Waals surface area (Å²) >= 11 is 0. The average Bonchev–Trinajstić information content (AvgIpc) is 3.13. The summed E-state index contributed by atoms with van der Waals surface area (Å²) in [4.78, 5) is 12.8. The number of fused-ring (bicyclic) bond motifs is 3. The highest BCUT2D eigenvalue weighted by molar-refractivity contribution is 5.98. The number of hydrogen-bond donors (Lipinski definition) is 0. The Balaban J connectivity index is 1.65. The molecule has 2 heteroatoms. The van der Waals surface area contributed by atoms with E-state index in [9.17, 15) is 4.79 Å². The minimum Gasteiger partial charge on any atom is -0.492 e. The zero-order valence-electron chi connectivity index (χ0n) is 12.3. The monoisotopic (exact) mass is 270 g/mol. The Kier molecular flexibility index (Phi) is 2.55. The molecule has 2 aliphatic carbocycles. The SMILES string of the molecule is CC1(C)COc2ccc(C(=O)C3CC4CCC3C4)cc21. The number of carbonyl (C=O) groups excluding carboxylic acids is 1. The van der Waals surface area contributed by atoms with Crippen LogP contribution in [0.25, 0.3) is 0 Å². The van der Waals surface area contributed by atoms with Gasteiger partial charge < -0.3 is 4.74 Å². The maximum absolute atomic E-state index is 12.8. The molecule has 2 nitrogen and oxygen atoms in total. The van der Waals surface area contributed by atoms with Crippen LogP contribution >= 0.6 is 0 Å². The van der Waals surface area contributed by atoms with Crippen molar-refractivity contribution in [2.75, 3.05) is 6.61 Å². The maximum Gasteiger partial charge on any atom is 0.166 e. The van der Waals surface area contributed by atoms with Crippen molar-refractivity contribution >= 4 is 5.78 Å². The summed E-state index contributed by atoms with van der Waals surface area (Å²) < 4.78 is 5.71. The molecule has 2 fully saturated rings. The molecule has 20 heavy (non-hydrogen) atoms. The lowest BCUT2D eigenvalue weighted by Gasteiger charge is -2.21. The molecule has 3 unspecified atom stereocenters. The Morgan fingerprint density at radius 2 is 2.10 bits per heavy atom. The van der Waals surface area contributed by atoms with Gasteiger partial charge in [-0.2, -0.15) is 0 Å². The first-order valence-corrected chi connectivity index (χ1v) is 7.86. The highest BCUT2D eigenvalue weighted by Gasteiger charge is 2.43. The molecule has 3 atom stereocenters. The summed E-state index contributed by atoms with van der Waals surface area (Å²) in [6, 6.07) is 6.05. The molecule has 0 radical (unpaired) electrons. The largest absolute Gasteiger partial charge is 0.492 e. The van der Waals surface area contributed by atoms with Crippen LogP contribution in [0.5, 0.6) is 5.75 Å². The number of rotatable bonds is 2. The first-order chi connectivity index (χ1) is 9.54. The van der Waals surface area contributed by atoms with E-state index in [2.05, 4.69) is 19.9 Å². The van der Waals surface area contributed by atoms with Gasteiger partial charge in [0.15, 0.2) is 5.78 Å². The van der Waals surface area contributed by atoms with E-state index in [1.807, 2.05) is 12.1 Å². The van der Waals surface area contributed by atoms with E-state index in [1.54, 1.807) is 0 Å². The lowest BCUT2D eigenvalue weighted by atomic mass is 9.81. The Labute approximate surface area is 120 Å². The van der Waals surface area contributed by atoms with Crippen LogP contribution in [0.2, 0.25) is 0 Å². The van der Waals surface area contributed by atoms with E-state index in [4.69, 9.17) is 4.74 Å². The van der Waals surface area contributed by atoms with Crippen molar-refractivity contribution in [3.63, 3.8) is 0 Å². The molecule has 0 aromatic heterocycles. The minimum absolute atomic E-state index is 0.0281. The fourth-order valence-electron chi connectivity index (χ4n) is 4.45. The van der Waals surface area contributed by atoms with Crippen molar-refractivity contribution in [3.8, 4) is 5.75 Å². The normalized spacial score (nSPS) is 33.0. The van der Waals surface area contributed by atoms with Crippen LogP contribution < -0.4 is 4.74 Å². The maximum atomic E-state index is 12.8. The Bertz CT molecular complexity index is 573. The molecule has 1 aromatic carbocycles. The van der Waals surface area contributed by atoms with Crippen molar-refractivity contribution in [1.29, 1.82) is 0 Å². The standard InChI is InChI=1S/C18H22O2/c1-18(2)10-20-16-6-5-13(9-15(16)18)17(19)14-8-11-3-4-12(14)7-11/h5-6,9,11-12,14H,3-4,7-8,10H2,1-2H3. The summed E-state index contributed by atoms with van der Waals surface area (Å²) in [7, 11) is 0. The lowest BCUT2D eigenvalue weighted by molar-refractivity contribution is 0.0874. The van der Waals surface area contributed by atoms with E-state index >= 15 is 0 Å². The molecule has 106 valence electrons. The van der Waals surface area contributed by atoms with Gasteiger partial charge in [-0.05, 0) is 49.3 Å². The quantitative estimate of drug-likeness (QED) is 0.760. The summed E-state index contributed by atoms with van der Waals surface area (Å²) in [5.41, 5.74) is 2.13. The second kappa shape index (κ2) is 4.09. The summed E-state index contributed by atoms with van der Waals surface area (Å²) in [6.07, 6.45) is 5.02. The number of benzene rings is 1. The van der Waals surface area contributed by atoms with Crippen molar-refractivity contribution in [1.82, 2.24) is 0 Å². The molecule has 1 aliphatic heterocycles. The van der Waals surface area contributed by atoms with Crippen LogP contribution in [-0.4, -0.2) is 12.4 Å². The van der Waals surface area contributed by atoms with Crippen molar-refractivity contribution in [3.05, 3.63) is 29.3 Å². The summed E-state index contributed by atoms with van der Waals surface area (Å²) in [6.45, 7) is 5.09. The van der Waals surface area contributed by atoms with Crippen LogP contribution in [0.15, 0.2) is 18.2 Å². The fourth-order valence-corrected chi connectivity index (χ4v) is 4.45. The van der Waals surface area contributed by atoms with Gasteiger partial charge in [0.2, 0.25) is 0 Å². The third-order valence-corrected chi connectivity index (χ3v) is 5.66. The molecular weight excluding hydrogens is 248 g/mol. The fraction of sp³-hybridized carbons (Fsp3) is 0.611. The van der Waals surface area contributed by atoms with E-state index in [0.717, 1.165) is 23.7 Å². The zero-order chi connectivity index (χ0) is 13.9. The molecular formula is C18H22O2. The number of carbonyl (C=O) groups is 1. The zero-order valence-corrected chi connectivity index (χ0v) is 12.3. The summed E-state index contributed by atoms with van der Waals surface area (Å²) in [5.74, 6) is 3.10. The first-order valence-electron chi connectivity index (χ1n) is 7.86. The molecule has 1 heterocycles. The van der Waals surface area contributed by atoms with E-state index < -0.39 is 0 Å². The molecule has 2 bridgehead atoms. The number of hydrogen-bond acceptors (Lipinski definition) is 2. The molecule has 0 spiro atoms. The minimum atomic E-state index is 0.0281. The molecule has 2 saturated carbocycles. The van der Waals surface area contributed by atoms with Gasteiger partial charge in [-0.15, -0.1) is 0 Å². The van der Waals surface area contributed by atoms with Gasteiger partial charge in [0.1, 0.15) is 5.75 Å². The Morgan fingerprint density at radius 3 is 2.80 bits per heavy atom. The van der Waals surface area contributed by atoms with E-state index in [1.165, 1.54) is 24.8 Å². The van der Waals surface area contributed by atoms with Crippen LogP contribution in [0.3, 0.4) is 0 Å². The first kappa shape index (κ1) is 12.4. The van der Waals surface area contributed by atoms with Crippen LogP contribution in [-0.2, 0) is 5.41 Å². The topological polar surface area (TPSA) is 26.3 Å². The predicted octanol–water partition coefficient (Wildman–Crippen LogP) is 3.98. The number of ketones is 1. The summed E-state index contributed by atoms with van der Waals surface area (Å²) in [5, 5.41) is 0. The second-order valence-corrected chi connectivity index (χ2v) is 7.53. The molecule has 3 aliphatic rings. The van der Waals surface area contributed by atoms with Gasteiger partial charge in [-0.25, -0.2) is 0 Å². The van der Waals surface area contributed by atoms with Gasteiger partial charge >= 0.3 is 0 Å². The van der Waals surface area contributed by atoms with E-state index in [0.29, 0.717) is 18.3 Å². The van der Waals surface area contributed by atoms with Crippen LogP contribution in [0.1, 0.15) is 55.5 Å². The number of ether oxygens (including phenoxy) is 1. The highest BCUT2D eigenvalue weighted by atomic mass is 16.5. The van der Waals surface area contributed by atoms with Gasteiger partial charge in [-0.1, -0.05) is 20.3 Å². The van der Waals surface area contributed by atoms with Crippen LogP contribution in [0, 0.1) is 17.8 Å². The molecule has 0 amide bonds. The number of Topliss-reactive ketones (excluding diaryl/α,β-unsaturated/α-hetero) is 1. The van der Waals surface area contributed by atoms with E-state index in [-0.39, 0.29) is 11.3 Å². The van der Waals surface area contributed by atoms with Crippen LogP contribution in [0.4, 0.5) is 0 Å². The molecule has 0 saturated heterocycles. The predicted molar refractivity (Wildman–Crippen MR) is 78.2 cm³/mol. The smallest absolute Gasteiger partial charge is 0.166 e. The molecule has 1 aromatic rings. The van der Waals surface area contributed by atoms with Gasteiger partial charge in [0.25, 0.3) is 0 Å².